The molecule has 1 saturated heterocycles. The molecule has 34 heavy (non-hydrogen) atoms. The molecule has 178 valence electrons. The van der Waals surface area contributed by atoms with Crippen molar-refractivity contribution < 1.29 is 17.9 Å². The number of nitrogens with zero attached hydrogens (tertiary/aromatic N) is 2. The lowest BCUT2D eigenvalue weighted by Crippen LogP contribution is -2.28. The molecule has 3 aromatic carbocycles. The van der Waals surface area contributed by atoms with Crippen LogP contribution in [-0.2, 0) is 16.6 Å². The minimum Gasteiger partial charge on any atom is -0.495 e. The number of nitrogens with one attached hydrogen (secondary N) is 1. The quantitative estimate of drug-likeness (QED) is 0.519. The van der Waals surface area contributed by atoms with Crippen LogP contribution < -0.4 is 14.4 Å². The highest BCUT2D eigenvalue weighted by Crippen LogP contribution is 2.27. The van der Waals surface area contributed by atoms with Crippen LogP contribution in [0.2, 0.25) is 0 Å². The maximum absolute atomic E-state index is 13.0. The van der Waals surface area contributed by atoms with Crippen LogP contribution in [0.4, 0.5) is 11.4 Å². The molecule has 1 fully saturated rings. The summed E-state index contributed by atoms with van der Waals surface area (Å²) in [6, 6.07) is 20.9. The molecule has 0 aliphatic carbocycles. The topological polar surface area (TPSA) is 78.9 Å². The molecule has 7 nitrogen and oxygen atoms in total. The summed E-state index contributed by atoms with van der Waals surface area (Å²) in [5.41, 5.74) is 3.04. The second-order valence-corrected chi connectivity index (χ2v) is 10.00. The van der Waals surface area contributed by atoms with Gasteiger partial charge in [-0.05, 0) is 60.9 Å². The number of sulfonamides is 1. The summed E-state index contributed by atoms with van der Waals surface area (Å²) in [5.74, 6) is 0.256. The van der Waals surface area contributed by atoms with Crippen molar-refractivity contribution in [3.05, 3.63) is 83.9 Å². The van der Waals surface area contributed by atoms with Crippen molar-refractivity contribution in [2.45, 2.75) is 24.3 Å². The predicted molar refractivity (Wildman–Crippen MR) is 134 cm³/mol. The third-order valence-electron chi connectivity index (χ3n) is 5.96. The summed E-state index contributed by atoms with van der Waals surface area (Å²) in [5, 5.41) is 0. The first-order valence-electron chi connectivity index (χ1n) is 11.2. The van der Waals surface area contributed by atoms with Crippen LogP contribution in [-0.4, -0.2) is 46.5 Å². The van der Waals surface area contributed by atoms with Crippen LogP contribution in [0.25, 0.3) is 0 Å². The second-order valence-electron chi connectivity index (χ2n) is 8.31. The van der Waals surface area contributed by atoms with Crippen molar-refractivity contribution in [3.63, 3.8) is 0 Å². The Morgan fingerprint density at radius 1 is 0.971 bits per heavy atom. The van der Waals surface area contributed by atoms with E-state index >= 15 is 0 Å². The second kappa shape index (κ2) is 10.2. The summed E-state index contributed by atoms with van der Waals surface area (Å²) in [6.07, 6.45) is 2.37. The van der Waals surface area contributed by atoms with Crippen molar-refractivity contribution in [2.75, 3.05) is 36.9 Å². The van der Waals surface area contributed by atoms with Gasteiger partial charge in [-0.2, -0.15) is 0 Å². The molecule has 4 rings (SSSR count). The minimum atomic E-state index is -3.83. The van der Waals surface area contributed by atoms with Gasteiger partial charge in [0.05, 0.1) is 17.7 Å². The fraction of sp³-hybridized carbons (Fsp3) is 0.269. The van der Waals surface area contributed by atoms with E-state index in [1.165, 1.54) is 37.8 Å². The molecule has 0 unspecified atom stereocenters. The van der Waals surface area contributed by atoms with Gasteiger partial charge in [0, 0.05) is 37.9 Å². The Labute approximate surface area is 201 Å². The molecule has 3 aromatic rings. The van der Waals surface area contributed by atoms with Gasteiger partial charge in [-0.25, -0.2) is 8.42 Å². The molecule has 0 radical (unpaired) electrons. The molecule has 0 spiro atoms. The highest BCUT2D eigenvalue weighted by atomic mass is 32.2. The number of carbonyl (C=O) groups excluding carboxylic acids is 1. The number of methoxy groups -OCH3 is 1. The molecule has 1 heterocycles. The van der Waals surface area contributed by atoms with Gasteiger partial charge in [-0.15, -0.1) is 0 Å². The van der Waals surface area contributed by atoms with Crippen LogP contribution in [0.5, 0.6) is 5.75 Å². The van der Waals surface area contributed by atoms with Gasteiger partial charge in [0.15, 0.2) is 0 Å². The maximum atomic E-state index is 13.0. The van der Waals surface area contributed by atoms with Crippen LogP contribution in [0.15, 0.2) is 77.7 Å². The number of carbonyl (C=O) groups is 1. The Bertz CT molecular complexity index is 1250. The van der Waals surface area contributed by atoms with E-state index in [2.05, 4.69) is 21.8 Å². The Hall–Kier alpha value is -3.52. The molecule has 1 aliphatic rings. The number of benzene rings is 3. The monoisotopic (exact) mass is 479 g/mol. The molecule has 0 bridgehead atoms. The van der Waals surface area contributed by atoms with Gasteiger partial charge < -0.3 is 14.5 Å². The molecule has 1 N–H and O–H groups in total. The van der Waals surface area contributed by atoms with E-state index < -0.39 is 10.0 Å². The molecular formula is C26H29N3O4S. The van der Waals surface area contributed by atoms with Gasteiger partial charge in [0.1, 0.15) is 5.75 Å². The third-order valence-corrected chi connectivity index (χ3v) is 7.34. The van der Waals surface area contributed by atoms with E-state index in [1.54, 1.807) is 48.3 Å². The zero-order valence-corrected chi connectivity index (χ0v) is 20.2. The number of hydrogen-bond acceptors (Lipinski definition) is 5. The van der Waals surface area contributed by atoms with E-state index in [0.29, 0.717) is 23.5 Å². The van der Waals surface area contributed by atoms with Crippen LogP contribution in [0, 0.1) is 0 Å². The van der Waals surface area contributed by atoms with Crippen molar-refractivity contribution in [2.24, 2.45) is 0 Å². The molecule has 1 amide bonds. The average Bonchev–Trinajstić information content (AvgIpc) is 3.39. The van der Waals surface area contributed by atoms with Gasteiger partial charge >= 0.3 is 0 Å². The minimum absolute atomic E-state index is 0.0667. The van der Waals surface area contributed by atoms with Crippen LogP contribution in [0.3, 0.4) is 0 Å². The summed E-state index contributed by atoms with van der Waals surface area (Å²) >= 11 is 0. The average molecular weight is 480 g/mol. The largest absolute Gasteiger partial charge is 0.495 e. The maximum Gasteiger partial charge on any atom is 0.262 e. The van der Waals surface area contributed by atoms with Crippen molar-refractivity contribution in [3.8, 4) is 5.75 Å². The number of anilines is 2. The van der Waals surface area contributed by atoms with E-state index in [0.717, 1.165) is 18.7 Å². The molecule has 1 aliphatic heterocycles. The van der Waals surface area contributed by atoms with E-state index in [1.807, 2.05) is 12.1 Å². The first kappa shape index (κ1) is 23.6. The van der Waals surface area contributed by atoms with Crippen molar-refractivity contribution in [1.82, 2.24) is 4.90 Å². The molecule has 0 aromatic heterocycles. The Morgan fingerprint density at radius 3 is 2.32 bits per heavy atom. The lowest BCUT2D eigenvalue weighted by atomic mass is 10.1. The Morgan fingerprint density at radius 2 is 1.62 bits per heavy atom. The van der Waals surface area contributed by atoms with E-state index in [-0.39, 0.29) is 10.8 Å². The summed E-state index contributed by atoms with van der Waals surface area (Å²) in [4.78, 5) is 17.1. The highest BCUT2D eigenvalue weighted by molar-refractivity contribution is 7.92. The smallest absolute Gasteiger partial charge is 0.262 e. The van der Waals surface area contributed by atoms with Gasteiger partial charge in [0.2, 0.25) is 0 Å². The summed E-state index contributed by atoms with van der Waals surface area (Å²) < 4.78 is 33.4. The lowest BCUT2D eigenvalue weighted by molar-refractivity contribution is 0.0785. The highest BCUT2D eigenvalue weighted by Gasteiger charge is 2.20. The fourth-order valence-corrected chi connectivity index (χ4v) is 5.24. The first-order valence-corrected chi connectivity index (χ1v) is 12.7. The number of hydrogen-bond donors (Lipinski definition) is 1. The van der Waals surface area contributed by atoms with Gasteiger partial charge in [-0.1, -0.05) is 30.3 Å². The molecule has 8 heteroatoms. The molecule has 0 atom stereocenters. The van der Waals surface area contributed by atoms with Gasteiger partial charge in [-0.3, -0.25) is 9.52 Å². The third kappa shape index (κ3) is 5.17. The van der Waals surface area contributed by atoms with Crippen molar-refractivity contribution in [1.29, 1.82) is 0 Å². The fourth-order valence-electron chi connectivity index (χ4n) is 4.17. The van der Waals surface area contributed by atoms with E-state index in [9.17, 15) is 13.2 Å². The molecular weight excluding hydrogens is 450 g/mol. The standard InChI is InChI=1S/C26H29N3O4S/c1-28(19-21-9-3-5-11-24(21)29-17-7-8-18-29)26(30)20-13-15-22(16-14-20)34(31,32)27-23-10-4-6-12-25(23)33-2/h3-6,9-16,27H,7-8,17-19H2,1-2H3. The Balaban J connectivity index is 1.47. The van der Waals surface area contributed by atoms with Crippen LogP contribution in [0.1, 0.15) is 28.8 Å². The zero-order chi connectivity index (χ0) is 24.1. The van der Waals surface area contributed by atoms with Crippen molar-refractivity contribution >= 4 is 27.3 Å². The number of amides is 1. The number of rotatable bonds is 8. The lowest BCUT2D eigenvalue weighted by Gasteiger charge is -2.24. The summed E-state index contributed by atoms with van der Waals surface area (Å²) in [6.45, 7) is 2.54. The normalized spacial score (nSPS) is 13.5. The first-order chi connectivity index (χ1) is 16.4. The van der Waals surface area contributed by atoms with Crippen LogP contribution >= 0.6 is 0 Å². The molecule has 0 saturated carbocycles. The summed E-state index contributed by atoms with van der Waals surface area (Å²) in [7, 11) is -0.592. The van der Waals surface area contributed by atoms with E-state index in [4.69, 9.17) is 4.74 Å². The number of ether oxygens (including phenoxy) is 1. The predicted octanol–water partition coefficient (Wildman–Crippen LogP) is 4.37. The number of para-hydroxylation sites is 3. The Kier molecular flexibility index (Phi) is 7.07. The van der Waals surface area contributed by atoms with Gasteiger partial charge in [0.25, 0.3) is 15.9 Å². The zero-order valence-electron chi connectivity index (χ0n) is 19.4. The SMILES string of the molecule is COc1ccccc1NS(=O)(=O)c1ccc(C(=O)N(C)Cc2ccccc2N2CCCC2)cc1.